The van der Waals surface area contributed by atoms with Gasteiger partial charge < -0.3 is 4.90 Å². The first-order chi connectivity index (χ1) is 14.8. The van der Waals surface area contributed by atoms with Crippen LogP contribution >= 0.6 is 11.6 Å². The monoisotopic (exact) mass is 434 g/mol. The van der Waals surface area contributed by atoms with Gasteiger partial charge >= 0.3 is 0 Å². The summed E-state index contributed by atoms with van der Waals surface area (Å²) < 4.78 is 0. The SMILES string of the molecule is CC(C)(C)c1ncc(-c2ccncc2)c(C2CCCN(C(=O)c3ccccc3Cl)C2)n1. The van der Waals surface area contributed by atoms with E-state index in [2.05, 4.69) is 30.7 Å². The number of hydrogen-bond acceptors (Lipinski definition) is 4. The minimum atomic E-state index is -0.159. The summed E-state index contributed by atoms with van der Waals surface area (Å²) >= 11 is 6.29. The number of carbonyl (C=O) groups is 1. The second-order valence-electron chi connectivity index (χ2n) is 9.05. The summed E-state index contributed by atoms with van der Waals surface area (Å²) in [6.07, 6.45) is 7.39. The highest BCUT2D eigenvalue weighted by Crippen LogP contribution is 2.35. The van der Waals surface area contributed by atoms with Crippen molar-refractivity contribution in [2.24, 2.45) is 0 Å². The van der Waals surface area contributed by atoms with Crippen LogP contribution in [0.4, 0.5) is 0 Å². The molecule has 0 saturated carbocycles. The molecular formula is C25H27ClN4O. The number of aromatic nitrogens is 3. The number of hydrogen-bond donors (Lipinski definition) is 0. The Bertz CT molecular complexity index is 1080. The fourth-order valence-electron chi connectivity index (χ4n) is 4.01. The van der Waals surface area contributed by atoms with Crippen LogP contribution in [0.5, 0.6) is 0 Å². The molecule has 1 saturated heterocycles. The summed E-state index contributed by atoms with van der Waals surface area (Å²) in [5, 5.41) is 0.490. The predicted molar refractivity (Wildman–Crippen MR) is 123 cm³/mol. The maximum Gasteiger partial charge on any atom is 0.255 e. The van der Waals surface area contributed by atoms with Crippen LogP contribution in [0.25, 0.3) is 11.1 Å². The zero-order valence-electron chi connectivity index (χ0n) is 18.2. The summed E-state index contributed by atoms with van der Waals surface area (Å²) in [6, 6.07) is 11.2. The van der Waals surface area contributed by atoms with Gasteiger partial charge in [0, 0.05) is 48.6 Å². The van der Waals surface area contributed by atoms with Crippen molar-refractivity contribution in [1.29, 1.82) is 0 Å². The molecule has 1 aliphatic heterocycles. The molecule has 1 amide bonds. The van der Waals surface area contributed by atoms with Gasteiger partial charge in [-0.25, -0.2) is 9.97 Å². The first-order valence-electron chi connectivity index (χ1n) is 10.7. The molecule has 0 aliphatic carbocycles. The number of amides is 1. The Morgan fingerprint density at radius 3 is 2.58 bits per heavy atom. The van der Waals surface area contributed by atoms with Crippen LogP contribution in [0.1, 0.15) is 61.4 Å². The van der Waals surface area contributed by atoms with Crippen molar-refractivity contribution in [2.75, 3.05) is 13.1 Å². The third-order valence-corrected chi connectivity index (χ3v) is 6.01. The topological polar surface area (TPSA) is 59.0 Å². The zero-order chi connectivity index (χ0) is 22.0. The van der Waals surface area contributed by atoms with Crippen LogP contribution in [0, 0.1) is 0 Å². The Kier molecular flexibility index (Phi) is 6.05. The van der Waals surface area contributed by atoms with E-state index in [1.807, 2.05) is 35.4 Å². The van der Waals surface area contributed by atoms with Crippen molar-refractivity contribution in [1.82, 2.24) is 19.9 Å². The van der Waals surface area contributed by atoms with Crippen LogP contribution in [-0.4, -0.2) is 38.8 Å². The van der Waals surface area contributed by atoms with Gasteiger partial charge in [-0.3, -0.25) is 9.78 Å². The lowest BCUT2D eigenvalue weighted by Gasteiger charge is -2.34. The lowest BCUT2D eigenvalue weighted by atomic mass is 9.88. The van der Waals surface area contributed by atoms with Gasteiger partial charge in [-0.2, -0.15) is 0 Å². The third kappa shape index (κ3) is 4.62. The molecule has 1 aliphatic rings. The van der Waals surface area contributed by atoms with E-state index in [0.717, 1.165) is 42.0 Å². The number of rotatable bonds is 3. The third-order valence-electron chi connectivity index (χ3n) is 5.68. The zero-order valence-corrected chi connectivity index (χ0v) is 18.9. The Hall–Kier alpha value is -2.79. The van der Waals surface area contributed by atoms with Gasteiger partial charge in [0.05, 0.1) is 16.3 Å². The quantitative estimate of drug-likeness (QED) is 0.545. The Balaban J connectivity index is 1.70. The van der Waals surface area contributed by atoms with Gasteiger partial charge in [0.2, 0.25) is 0 Å². The van der Waals surface area contributed by atoms with E-state index >= 15 is 0 Å². The van der Waals surface area contributed by atoms with Crippen LogP contribution in [0.2, 0.25) is 5.02 Å². The molecule has 31 heavy (non-hydrogen) atoms. The van der Waals surface area contributed by atoms with E-state index in [-0.39, 0.29) is 17.2 Å². The number of likely N-dealkylation sites (tertiary alicyclic amines) is 1. The Morgan fingerprint density at radius 1 is 1.13 bits per heavy atom. The molecular weight excluding hydrogens is 408 g/mol. The van der Waals surface area contributed by atoms with Gasteiger partial charge in [-0.1, -0.05) is 44.5 Å². The molecule has 1 unspecified atom stereocenters. The van der Waals surface area contributed by atoms with Crippen molar-refractivity contribution >= 4 is 17.5 Å². The van der Waals surface area contributed by atoms with E-state index in [1.54, 1.807) is 24.5 Å². The summed E-state index contributed by atoms with van der Waals surface area (Å²) in [5.41, 5.74) is 3.44. The number of pyridine rings is 1. The molecule has 2 aromatic heterocycles. The first-order valence-corrected chi connectivity index (χ1v) is 11.0. The molecule has 0 bridgehead atoms. The van der Waals surface area contributed by atoms with Crippen LogP contribution in [-0.2, 0) is 5.41 Å². The average molecular weight is 435 g/mol. The molecule has 3 aromatic rings. The van der Waals surface area contributed by atoms with Crippen molar-refractivity contribution in [2.45, 2.75) is 44.9 Å². The lowest BCUT2D eigenvalue weighted by Crippen LogP contribution is -2.39. The van der Waals surface area contributed by atoms with Crippen molar-refractivity contribution < 1.29 is 4.79 Å². The predicted octanol–water partition coefficient (Wildman–Crippen LogP) is 5.51. The Labute approximate surface area is 188 Å². The van der Waals surface area contributed by atoms with Gasteiger partial charge in [0.1, 0.15) is 5.82 Å². The molecule has 0 radical (unpaired) electrons. The molecule has 6 heteroatoms. The number of halogens is 1. The fraction of sp³-hybridized carbons (Fsp3) is 0.360. The van der Waals surface area contributed by atoms with Crippen LogP contribution in [0.3, 0.4) is 0 Å². The average Bonchev–Trinajstić information content (AvgIpc) is 2.78. The summed E-state index contributed by atoms with van der Waals surface area (Å²) in [6.45, 7) is 7.69. The van der Waals surface area contributed by atoms with E-state index < -0.39 is 0 Å². The van der Waals surface area contributed by atoms with Crippen LogP contribution in [0.15, 0.2) is 55.0 Å². The largest absolute Gasteiger partial charge is 0.338 e. The maximum atomic E-state index is 13.2. The molecule has 3 heterocycles. The van der Waals surface area contributed by atoms with E-state index in [4.69, 9.17) is 16.6 Å². The molecule has 1 fully saturated rings. The van der Waals surface area contributed by atoms with Crippen molar-refractivity contribution in [3.63, 3.8) is 0 Å². The van der Waals surface area contributed by atoms with Gasteiger partial charge in [0.15, 0.2) is 0 Å². The number of nitrogens with zero attached hydrogens (tertiary/aromatic N) is 4. The van der Waals surface area contributed by atoms with E-state index in [0.29, 0.717) is 17.1 Å². The molecule has 160 valence electrons. The molecule has 5 nitrogen and oxygen atoms in total. The molecule has 1 atom stereocenters. The molecule has 4 rings (SSSR count). The van der Waals surface area contributed by atoms with Gasteiger partial charge in [-0.05, 0) is 42.7 Å². The second-order valence-corrected chi connectivity index (χ2v) is 9.46. The highest BCUT2D eigenvalue weighted by Gasteiger charge is 2.30. The molecule has 0 spiro atoms. The summed E-state index contributed by atoms with van der Waals surface area (Å²) in [4.78, 5) is 28.9. The minimum absolute atomic E-state index is 0.0223. The fourth-order valence-corrected chi connectivity index (χ4v) is 4.23. The minimum Gasteiger partial charge on any atom is -0.338 e. The lowest BCUT2D eigenvalue weighted by molar-refractivity contribution is 0.0706. The molecule has 0 N–H and O–H groups in total. The first kappa shape index (κ1) is 21.4. The van der Waals surface area contributed by atoms with Crippen molar-refractivity contribution in [3.05, 3.63) is 77.1 Å². The van der Waals surface area contributed by atoms with Gasteiger partial charge in [-0.15, -0.1) is 0 Å². The number of piperidine rings is 1. The smallest absolute Gasteiger partial charge is 0.255 e. The standard InChI is InChI=1S/C25H27ClN4O/c1-25(2,3)24-28-15-20(17-10-12-27-13-11-17)22(29-24)18-7-6-14-30(16-18)23(31)19-8-4-5-9-21(19)26/h4-5,8-13,15,18H,6-7,14,16H2,1-3H3. The summed E-state index contributed by atoms with van der Waals surface area (Å²) in [5.74, 6) is 0.924. The Morgan fingerprint density at radius 2 is 1.87 bits per heavy atom. The van der Waals surface area contributed by atoms with Crippen LogP contribution < -0.4 is 0 Å². The number of carbonyl (C=O) groups excluding carboxylic acids is 1. The molecule has 1 aromatic carbocycles. The normalized spacial score (nSPS) is 16.9. The van der Waals surface area contributed by atoms with Gasteiger partial charge in [0.25, 0.3) is 5.91 Å². The highest BCUT2D eigenvalue weighted by molar-refractivity contribution is 6.33. The summed E-state index contributed by atoms with van der Waals surface area (Å²) in [7, 11) is 0. The highest BCUT2D eigenvalue weighted by atomic mass is 35.5. The maximum absolute atomic E-state index is 13.2. The van der Waals surface area contributed by atoms with Crippen molar-refractivity contribution in [3.8, 4) is 11.1 Å². The second kappa shape index (κ2) is 8.75. The van der Waals surface area contributed by atoms with E-state index in [9.17, 15) is 4.79 Å². The van der Waals surface area contributed by atoms with E-state index in [1.165, 1.54) is 0 Å². The number of benzene rings is 1.